The lowest BCUT2D eigenvalue weighted by atomic mass is 10.1. The van der Waals surface area contributed by atoms with Gasteiger partial charge in [0, 0.05) is 24.4 Å². The van der Waals surface area contributed by atoms with E-state index in [1.54, 1.807) is 37.4 Å². The Hall–Kier alpha value is -2.34. The Labute approximate surface area is 145 Å². The molecule has 2 rings (SSSR count). The first kappa shape index (κ1) is 18.0. The number of esters is 2. The summed E-state index contributed by atoms with van der Waals surface area (Å²) in [6, 6.07) is 14.5. The fraction of sp³-hybridized carbons (Fsp3) is 0.278. The molecule has 1 aromatic heterocycles. The predicted molar refractivity (Wildman–Crippen MR) is 91.5 cm³/mol. The van der Waals surface area contributed by atoms with Crippen LogP contribution in [0.3, 0.4) is 0 Å². The number of carbonyl (C=O) groups is 2. The van der Waals surface area contributed by atoms with Gasteiger partial charge in [-0.15, -0.1) is 11.8 Å². The van der Waals surface area contributed by atoms with Crippen LogP contribution in [0.5, 0.6) is 0 Å². The van der Waals surface area contributed by atoms with Gasteiger partial charge in [0.05, 0.1) is 5.03 Å². The van der Waals surface area contributed by atoms with Crippen LogP contribution in [0.1, 0.15) is 25.5 Å². The van der Waals surface area contributed by atoms with Gasteiger partial charge >= 0.3 is 11.9 Å². The molecule has 6 heteroatoms. The molecule has 0 unspecified atom stereocenters. The minimum atomic E-state index is -1.05. The molecule has 0 fully saturated rings. The molecular formula is C18H19NO4S. The molecule has 2 atom stereocenters. The van der Waals surface area contributed by atoms with Crippen molar-refractivity contribution in [3.8, 4) is 0 Å². The molecule has 126 valence electrons. The molecule has 24 heavy (non-hydrogen) atoms. The van der Waals surface area contributed by atoms with Crippen LogP contribution < -0.4 is 0 Å². The third-order valence-electron chi connectivity index (χ3n) is 3.02. The second-order valence-electron chi connectivity index (χ2n) is 5.13. The van der Waals surface area contributed by atoms with Gasteiger partial charge in [-0.2, -0.15) is 0 Å². The highest BCUT2D eigenvalue weighted by Gasteiger charge is 2.26. The van der Waals surface area contributed by atoms with Gasteiger partial charge in [0.1, 0.15) is 6.10 Å². The summed E-state index contributed by atoms with van der Waals surface area (Å²) in [7, 11) is 0. The Bertz CT molecular complexity index is 663. The SMILES string of the molecule is CC(=O)O[C@H](C(=O)O[C@H](C)CSc1ccccn1)c1ccccc1. The number of nitrogens with zero attached hydrogens (tertiary/aromatic N) is 1. The Kier molecular flexibility index (Phi) is 6.81. The largest absolute Gasteiger partial charge is 0.459 e. The number of carbonyl (C=O) groups excluding carboxylic acids is 2. The maximum absolute atomic E-state index is 12.4. The maximum atomic E-state index is 12.4. The average molecular weight is 345 g/mol. The van der Waals surface area contributed by atoms with Crippen molar-refractivity contribution in [1.29, 1.82) is 0 Å². The number of thioether (sulfide) groups is 1. The van der Waals surface area contributed by atoms with Crippen LogP contribution in [-0.4, -0.2) is 28.8 Å². The quantitative estimate of drug-likeness (QED) is 0.566. The van der Waals surface area contributed by atoms with E-state index in [4.69, 9.17) is 9.47 Å². The summed E-state index contributed by atoms with van der Waals surface area (Å²) < 4.78 is 10.6. The van der Waals surface area contributed by atoms with Crippen LogP contribution in [0, 0.1) is 0 Å². The maximum Gasteiger partial charge on any atom is 0.352 e. The molecule has 0 saturated carbocycles. The summed E-state index contributed by atoms with van der Waals surface area (Å²) in [6.45, 7) is 3.06. The molecule has 0 aliphatic rings. The summed E-state index contributed by atoms with van der Waals surface area (Å²) in [4.78, 5) is 27.9. The van der Waals surface area contributed by atoms with E-state index in [2.05, 4.69) is 4.98 Å². The number of ether oxygens (including phenoxy) is 2. The molecule has 1 heterocycles. The van der Waals surface area contributed by atoms with Gasteiger partial charge in [-0.1, -0.05) is 36.4 Å². The summed E-state index contributed by atoms with van der Waals surface area (Å²) >= 11 is 1.50. The summed E-state index contributed by atoms with van der Waals surface area (Å²) in [5.41, 5.74) is 0.585. The first-order chi connectivity index (χ1) is 11.6. The fourth-order valence-electron chi connectivity index (χ4n) is 1.98. The number of pyridine rings is 1. The molecule has 0 aliphatic carbocycles. The topological polar surface area (TPSA) is 65.5 Å². The van der Waals surface area contributed by atoms with E-state index in [9.17, 15) is 9.59 Å². The highest BCUT2D eigenvalue weighted by Crippen LogP contribution is 2.22. The Morgan fingerprint density at radius 3 is 2.42 bits per heavy atom. The lowest BCUT2D eigenvalue weighted by Gasteiger charge is -2.19. The average Bonchev–Trinajstić information content (AvgIpc) is 2.59. The molecule has 0 bridgehead atoms. The normalized spacial score (nSPS) is 12.9. The van der Waals surface area contributed by atoms with E-state index in [0.29, 0.717) is 11.3 Å². The van der Waals surface area contributed by atoms with Crippen LogP contribution in [0.2, 0.25) is 0 Å². The van der Waals surface area contributed by atoms with Crippen molar-refractivity contribution >= 4 is 23.7 Å². The van der Waals surface area contributed by atoms with Crippen LogP contribution in [0.15, 0.2) is 59.8 Å². The van der Waals surface area contributed by atoms with Crippen molar-refractivity contribution in [2.24, 2.45) is 0 Å². The zero-order valence-corrected chi connectivity index (χ0v) is 14.4. The van der Waals surface area contributed by atoms with Crippen molar-refractivity contribution < 1.29 is 19.1 Å². The van der Waals surface area contributed by atoms with Crippen molar-refractivity contribution in [3.63, 3.8) is 0 Å². The number of hydrogen-bond acceptors (Lipinski definition) is 6. The molecule has 0 spiro atoms. The van der Waals surface area contributed by atoms with Crippen molar-refractivity contribution in [2.45, 2.75) is 31.1 Å². The van der Waals surface area contributed by atoms with Crippen LogP contribution in [0.25, 0.3) is 0 Å². The van der Waals surface area contributed by atoms with Gasteiger partial charge in [0.2, 0.25) is 6.10 Å². The van der Waals surface area contributed by atoms with Gasteiger partial charge in [0.15, 0.2) is 0 Å². The fourth-order valence-corrected chi connectivity index (χ4v) is 2.76. The minimum absolute atomic E-state index is 0.341. The van der Waals surface area contributed by atoms with E-state index in [1.165, 1.54) is 18.7 Å². The number of aromatic nitrogens is 1. The first-order valence-corrected chi connectivity index (χ1v) is 8.51. The summed E-state index contributed by atoms with van der Waals surface area (Å²) in [5.74, 6) is -0.550. The Morgan fingerprint density at radius 2 is 1.79 bits per heavy atom. The highest BCUT2D eigenvalue weighted by atomic mass is 32.2. The van der Waals surface area contributed by atoms with Crippen LogP contribution >= 0.6 is 11.8 Å². The molecule has 2 aromatic rings. The molecular weight excluding hydrogens is 326 g/mol. The third kappa shape index (κ3) is 5.70. The van der Waals surface area contributed by atoms with E-state index < -0.39 is 18.0 Å². The van der Waals surface area contributed by atoms with Crippen LogP contribution in [-0.2, 0) is 19.1 Å². The smallest absolute Gasteiger partial charge is 0.352 e. The standard InChI is InChI=1S/C18H19NO4S/c1-13(12-24-16-10-6-7-11-19-16)22-18(21)17(23-14(2)20)15-8-4-3-5-9-15/h3-11,13,17H,12H2,1-2H3/t13-,17+/m1/s1. The van der Waals surface area contributed by atoms with Gasteiger partial charge < -0.3 is 9.47 Å². The zero-order valence-electron chi connectivity index (χ0n) is 13.5. The Morgan fingerprint density at radius 1 is 1.08 bits per heavy atom. The molecule has 5 nitrogen and oxygen atoms in total. The zero-order chi connectivity index (χ0) is 17.4. The first-order valence-electron chi connectivity index (χ1n) is 7.52. The second kappa shape index (κ2) is 9.08. The second-order valence-corrected chi connectivity index (χ2v) is 6.17. The van der Waals surface area contributed by atoms with Crippen molar-refractivity contribution in [3.05, 3.63) is 60.3 Å². The minimum Gasteiger partial charge on any atom is -0.459 e. The van der Waals surface area contributed by atoms with E-state index >= 15 is 0 Å². The molecule has 0 aliphatic heterocycles. The van der Waals surface area contributed by atoms with Gasteiger partial charge in [-0.05, 0) is 19.1 Å². The molecule has 0 radical (unpaired) electrons. The van der Waals surface area contributed by atoms with Gasteiger partial charge in [0.25, 0.3) is 0 Å². The lowest BCUT2D eigenvalue weighted by Crippen LogP contribution is -2.25. The highest BCUT2D eigenvalue weighted by molar-refractivity contribution is 7.99. The van der Waals surface area contributed by atoms with Gasteiger partial charge in [-0.25, -0.2) is 9.78 Å². The Balaban J connectivity index is 1.95. The van der Waals surface area contributed by atoms with E-state index in [-0.39, 0.29) is 6.10 Å². The van der Waals surface area contributed by atoms with Gasteiger partial charge in [-0.3, -0.25) is 4.79 Å². The number of hydrogen-bond donors (Lipinski definition) is 0. The molecule has 0 amide bonds. The number of benzene rings is 1. The van der Waals surface area contributed by atoms with Crippen LogP contribution in [0.4, 0.5) is 0 Å². The summed E-state index contributed by atoms with van der Waals surface area (Å²) in [5, 5.41) is 0.861. The predicted octanol–water partition coefficient (Wildman–Crippen LogP) is 3.41. The lowest BCUT2D eigenvalue weighted by molar-refractivity contribution is -0.169. The molecule has 0 saturated heterocycles. The van der Waals surface area contributed by atoms with E-state index in [1.807, 2.05) is 24.3 Å². The van der Waals surface area contributed by atoms with Crippen molar-refractivity contribution in [2.75, 3.05) is 5.75 Å². The summed E-state index contributed by atoms with van der Waals surface area (Å²) in [6.07, 6.45) is 0.322. The third-order valence-corrected chi connectivity index (χ3v) is 4.19. The molecule has 0 N–H and O–H groups in total. The van der Waals surface area contributed by atoms with E-state index in [0.717, 1.165) is 5.03 Å². The monoisotopic (exact) mass is 345 g/mol. The molecule has 1 aromatic carbocycles. The number of rotatable bonds is 7. The van der Waals surface area contributed by atoms with Crippen molar-refractivity contribution in [1.82, 2.24) is 4.98 Å².